The number of carbonyl (C=O) groups is 1. The number of hydrogen-bond donors (Lipinski definition) is 1. The van der Waals surface area contributed by atoms with E-state index in [1.54, 1.807) is 20.1 Å². The van der Waals surface area contributed by atoms with E-state index < -0.39 is 0 Å². The van der Waals surface area contributed by atoms with Crippen molar-refractivity contribution < 1.29 is 18.7 Å². The topological polar surface area (TPSA) is 60.5 Å². The molecule has 0 saturated heterocycles. The molecule has 0 aliphatic carbocycles. The van der Waals surface area contributed by atoms with Gasteiger partial charge in [-0.2, -0.15) is 0 Å². The van der Waals surface area contributed by atoms with Gasteiger partial charge in [0, 0.05) is 31.7 Å². The lowest BCUT2D eigenvalue weighted by molar-refractivity contribution is 0.0943. The van der Waals surface area contributed by atoms with Crippen LogP contribution < -0.4 is 10.1 Å². The molecular weight excluding hydrogens is 299 g/mol. The third-order valence-electron chi connectivity index (χ3n) is 3.37. The van der Waals surface area contributed by atoms with Crippen LogP contribution in [0.5, 0.6) is 5.75 Å². The fraction of sp³-hybridized carbons (Fsp3) is 0.412. The third-order valence-corrected chi connectivity index (χ3v) is 3.37. The number of nitrogens with one attached hydrogen (secondary N) is 1. The van der Waals surface area contributed by atoms with Gasteiger partial charge in [0.05, 0.1) is 12.1 Å². The molecule has 23 heavy (non-hydrogen) atoms. The third kappa shape index (κ3) is 4.16. The number of pyridine rings is 1. The highest BCUT2D eigenvalue weighted by atomic mass is 19.1. The summed E-state index contributed by atoms with van der Waals surface area (Å²) in [4.78, 5) is 16.6. The van der Waals surface area contributed by atoms with E-state index >= 15 is 0 Å². The lowest BCUT2D eigenvalue weighted by atomic mass is 10.1. The second kappa shape index (κ2) is 7.87. The van der Waals surface area contributed by atoms with Crippen LogP contribution in [0, 0.1) is 12.7 Å². The molecule has 2 aromatic rings. The highest BCUT2D eigenvalue weighted by Crippen LogP contribution is 2.28. The van der Waals surface area contributed by atoms with Crippen molar-refractivity contribution >= 4 is 16.8 Å². The molecular formula is C17H21FN2O3. The van der Waals surface area contributed by atoms with Gasteiger partial charge in [0.15, 0.2) is 0 Å². The Bertz CT molecular complexity index is 704. The molecule has 0 spiro atoms. The predicted molar refractivity (Wildman–Crippen MR) is 86.4 cm³/mol. The number of aryl methyl sites for hydroxylation is 1. The molecule has 0 aliphatic heterocycles. The van der Waals surface area contributed by atoms with Crippen molar-refractivity contribution in [2.24, 2.45) is 0 Å². The molecule has 6 heteroatoms. The summed E-state index contributed by atoms with van der Waals surface area (Å²) in [7, 11) is 1.61. The molecule has 0 aliphatic rings. The quantitative estimate of drug-likeness (QED) is 0.797. The van der Waals surface area contributed by atoms with Crippen molar-refractivity contribution in [3.8, 4) is 5.75 Å². The van der Waals surface area contributed by atoms with Crippen molar-refractivity contribution in [1.29, 1.82) is 0 Å². The van der Waals surface area contributed by atoms with Crippen molar-refractivity contribution in [1.82, 2.24) is 10.3 Å². The van der Waals surface area contributed by atoms with Crippen LogP contribution in [0.3, 0.4) is 0 Å². The zero-order valence-electron chi connectivity index (χ0n) is 13.6. The summed E-state index contributed by atoms with van der Waals surface area (Å²) in [5.41, 5.74) is 1.49. The molecule has 1 aromatic heterocycles. The van der Waals surface area contributed by atoms with Crippen LogP contribution >= 0.6 is 0 Å². The zero-order chi connectivity index (χ0) is 16.8. The van der Waals surface area contributed by atoms with Gasteiger partial charge in [0.25, 0.3) is 5.91 Å². The number of fused-ring (bicyclic) bond motifs is 1. The number of halogens is 1. The number of hydrogen-bond acceptors (Lipinski definition) is 4. The Hall–Kier alpha value is -2.21. The molecule has 1 aromatic carbocycles. The molecule has 0 unspecified atom stereocenters. The lowest BCUT2D eigenvalue weighted by Crippen LogP contribution is -2.26. The Morgan fingerprint density at radius 2 is 2.13 bits per heavy atom. The molecule has 1 N–H and O–H groups in total. The monoisotopic (exact) mass is 320 g/mol. The van der Waals surface area contributed by atoms with Crippen molar-refractivity contribution in [2.45, 2.75) is 20.3 Å². The number of methoxy groups -OCH3 is 1. The van der Waals surface area contributed by atoms with Crippen molar-refractivity contribution in [3.05, 3.63) is 35.3 Å². The van der Waals surface area contributed by atoms with E-state index in [-0.39, 0.29) is 17.4 Å². The molecule has 1 amide bonds. The van der Waals surface area contributed by atoms with Gasteiger partial charge in [0.1, 0.15) is 17.3 Å². The summed E-state index contributed by atoms with van der Waals surface area (Å²) in [6, 6.07) is 4.32. The summed E-state index contributed by atoms with van der Waals surface area (Å²) >= 11 is 0. The number of benzene rings is 1. The van der Waals surface area contributed by atoms with Gasteiger partial charge in [-0.25, -0.2) is 9.37 Å². The second-order valence-corrected chi connectivity index (χ2v) is 5.16. The van der Waals surface area contributed by atoms with Crippen LogP contribution in [0.25, 0.3) is 10.9 Å². The average molecular weight is 320 g/mol. The van der Waals surface area contributed by atoms with E-state index in [1.165, 1.54) is 12.1 Å². The van der Waals surface area contributed by atoms with Crippen LogP contribution in [0.2, 0.25) is 0 Å². The van der Waals surface area contributed by atoms with E-state index in [0.29, 0.717) is 42.0 Å². The van der Waals surface area contributed by atoms with Gasteiger partial charge in [-0.15, -0.1) is 0 Å². The van der Waals surface area contributed by atoms with Crippen molar-refractivity contribution in [3.63, 3.8) is 0 Å². The summed E-state index contributed by atoms with van der Waals surface area (Å²) in [6.07, 6.45) is 0.721. The fourth-order valence-corrected chi connectivity index (χ4v) is 2.33. The first-order valence-electron chi connectivity index (χ1n) is 7.57. The predicted octanol–water partition coefficient (Wildman–Crippen LogP) is 2.85. The van der Waals surface area contributed by atoms with Crippen LogP contribution in [0.1, 0.15) is 29.4 Å². The number of amides is 1. The molecule has 5 nitrogen and oxygen atoms in total. The van der Waals surface area contributed by atoms with Gasteiger partial charge in [-0.3, -0.25) is 4.79 Å². The van der Waals surface area contributed by atoms with E-state index in [2.05, 4.69) is 10.3 Å². The first-order chi connectivity index (χ1) is 11.1. The Labute approximate surface area is 134 Å². The molecule has 124 valence electrons. The first-order valence-corrected chi connectivity index (χ1v) is 7.57. The number of aromatic nitrogens is 1. The molecule has 0 saturated carbocycles. The summed E-state index contributed by atoms with van der Waals surface area (Å²) in [5, 5.41) is 3.36. The highest BCUT2D eigenvalue weighted by molar-refractivity contribution is 5.97. The molecule has 0 bridgehead atoms. The smallest absolute Gasteiger partial charge is 0.270 e. The maximum atomic E-state index is 13.6. The van der Waals surface area contributed by atoms with Gasteiger partial charge < -0.3 is 14.8 Å². The maximum Gasteiger partial charge on any atom is 0.270 e. The Balaban J connectivity index is 2.35. The first kappa shape index (κ1) is 17.1. The highest BCUT2D eigenvalue weighted by Gasteiger charge is 2.15. The molecule has 1 heterocycles. The number of ether oxygens (including phenoxy) is 2. The Kier molecular flexibility index (Phi) is 5.87. The SMILES string of the molecule is CCOc1cc(C(=O)NCCCOC)nc2c(C)cc(F)cc12. The van der Waals surface area contributed by atoms with Gasteiger partial charge in [-0.1, -0.05) is 0 Å². The zero-order valence-corrected chi connectivity index (χ0v) is 13.6. The second-order valence-electron chi connectivity index (χ2n) is 5.16. The summed E-state index contributed by atoms with van der Waals surface area (Å²) in [5.74, 6) is -0.177. The van der Waals surface area contributed by atoms with Crippen LogP contribution in [-0.2, 0) is 4.74 Å². The minimum atomic E-state index is -0.352. The lowest BCUT2D eigenvalue weighted by Gasteiger charge is -2.12. The van der Waals surface area contributed by atoms with E-state index in [9.17, 15) is 9.18 Å². The standard InChI is InChI=1S/C17H21FN2O3/c1-4-23-15-10-14(17(21)19-6-5-7-22-3)20-16-11(2)8-12(18)9-13(15)16/h8-10H,4-7H2,1-3H3,(H,19,21). The largest absolute Gasteiger partial charge is 0.493 e. The van der Waals surface area contributed by atoms with Gasteiger partial charge >= 0.3 is 0 Å². The number of nitrogens with zero attached hydrogens (tertiary/aromatic N) is 1. The van der Waals surface area contributed by atoms with Gasteiger partial charge in [0.2, 0.25) is 0 Å². The summed E-state index contributed by atoms with van der Waals surface area (Å²) in [6.45, 7) is 5.09. The maximum absolute atomic E-state index is 13.6. The minimum absolute atomic E-state index is 0.257. The summed E-state index contributed by atoms with van der Waals surface area (Å²) < 4.78 is 24.1. The normalized spacial score (nSPS) is 10.8. The van der Waals surface area contributed by atoms with E-state index in [4.69, 9.17) is 9.47 Å². The molecule has 0 radical (unpaired) electrons. The van der Waals surface area contributed by atoms with Crippen LogP contribution in [0.4, 0.5) is 4.39 Å². The average Bonchev–Trinajstić information content (AvgIpc) is 2.52. The van der Waals surface area contributed by atoms with Crippen LogP contribution in [-0.4, -0.2) is 37.8 Å². The van der Waals surface area contributed by atoms with Crippen molar-refractivity contribution in [2.75, 3.05) is 26.9 Å². The number of carbonyl (C=O) groups excluding carboxylic acids is 1. The van der Waals surface area contributed by atoms with E-state index in [1.807, 2.05) is 6.92 Å². The molecule has 2 rings (SSSR count). The number of rotatable bonds is 7. The molecule has 0 atom stereocenters. The van der Waals surface area contributed by atoms with Gasteiger partial charge in [-0.05, 0) is 38.0 Å². The Morgan fingerprint density at radius 1 is 1.35 bits per heavy atom. The minimum Gasteiger partial charge on any atom is -0.493 e. The Morgan fingerprint density at radius 3 is 2.83 bits per heavy atom. The molecule has 0 fully saturated rings. The van der Waals surface area contributed by atoms with E-state index in [0.717, 1.165) is 6.42 Å². The fourth-order valence-electron chi connectivity index (χ4n) is 2.33. The van der Waals surface area contributed by atoms with Crippen LogP contribution in [0.15, 0.2) is 18.2 Å².